The number of nitrogens with zero attached hydrogens (tertiary/aromatic N) is 2. The third-order valence-corrected chi connectivity index (χ3v) is 3.28. The second kappa shape index (κ2) is 6.93. The van der Waals surface area contributed by atoms with Gasteiger partial charge in [0.1, 0.15) is 0 Å². The molecule has 0 aliphatic carbocycles. The summed E-state index contributed by atoms with van der Waals surface area (Å²) in [5.74, 6) is -0.0227. The number of rotatable bonds is 5. The van der Waals surface area contributed by atoms with Crippen molar-refractivity contribution >= 4 is 17.5 Å². The third-order valence-electron chi connectivity index (χ3n) is 3.28. The van der Waals surface area contributed by atoms with Crippen molar-refractivity contribution in [2.75, 3.05) is 33.4 Å². The first-order valence-electron chi connectivity index (χ1n) is 6.60. The van der Waals surface area contributed by atoms with Crippen LogP contribution in [0.3, 0.4) is 0 Å². The van der Waals surface area contributed by atoms with Crippen molar-refractivity contribution < 1.29 is 9.59 Å². The van der Waals surface area contributed by atoms with Gasteiger partial charge in [0.25, 0.3) is 0 Å². The van der Waals surface area contributed by atoms with E-state index in [0.717, 1.165) is 5.56 Å². The van der Waals surface area contributed by atoms with E-state index in [1.54, 1.807) is 21.1 Å². The Kier molecular flexibility index (Phi) is 5.55. The lowest BCUT2D eigenvalue weighted by Crippen LogP contribution is -2.38. The zero-order chi connectivity index (χ0) is 15.3. The van der Waals surface area contributed by atoms with E-state index in [1.807, 2.05) is 31.2 Å². The van der Waals surface area contributed by atoms with E-state index in [4.69, 9.17) is 5.73 Å². The van der Waals surface area contributed by atoms with Gasteiger partial charge >= 0.3 is 0 Å². The molecule has 5 heteroatoms. The lowest BCUT2D eigenvalue weighted by molar-refractivity contribution is -0.138. The molecule has 110 valence electrons. The number of likely N-dealkylation sites (N-methyl/N-ethyl adjacent to an activating group) is 2. The Bertz CT molecular complexity index is 469. The summed E-state index contributed by atoms with van der Waals surface area (Å²) in [4.78, 5) is 26.6. The van der Waals surface area contributed by atoms with Crippen molar-refractivity contribution in [3.05, 3.63) is 29.8 Å². The van der Waals surface area contributed by atoms with Gasteiger partial charge in [0.15, 0.2) is 0 Å². The molecule has 0 aliphatic rings. The van der Waals surface area contributed by atoms with Crippen LogP contribution in [0.4, 0.5) is 5.69 Å². The fourth-order valence-electron chi connectivity index (χ4n) is 1.79. The van der Waals surface area contributed by atoms with E-state index >= 15 is 0 Å². The van der Waals surface area contributed by atoms with E-state index < -0.39 is 0 Å². The molecule has 1 aromatic rings. The average Bonchev–Trinajstić information content (AvgIpc) is 2.38. The number of hydrogen-bond donors (Lipinski definition) is 1. The molecule has 20 heavy (non-hydrogen) atoms. The predicted molar refractivity (Wildman–Crippen MR) is 80.2 cm³/mol. The molecular weight excluding hydrogens is 254 g/mol. The standard InChI is InChI=1S/C15H23N3O2/c1-11(12-5-7-13(16)8-6-12)9-14(19)18(4)10-15(20)17(2)3/h5-8,11H,9-10,16H2,1-4H3. The fourth-order valence-corrected chi connectivity index (χ4v) is 1.79. The van der Waals surface area contributed by atoms with Gasteiger partial charge in [-0.05, 0) is 23.6 Å². The summed E-state index contributed by atoms with van der Waals surface area (Å²) < 4.78 is 0. The molecule has 1 unspecified atom stereocenters. The molecule has 0 bridgehead atoms. The van der Waals surface area contributed by atoms with E-state index in [2.05, 4.69) is 0 Å². The molecule has 1 atom stereocenters. The van der Waals surface area contributed by atoms with Gasteiger partial charge in [-0.15, -0.1) is 0 Å². The van der Waals surface area contributed by atoms with Crippen LogP contribution in [0, 0.1) is 0 Å². The van der Waals surface area contributed by atoms with Crippen LogP contribution in [0.2, 0.25) is 0 Å². The van der Waals surface area contributed by atoms with Gasteiger partial charge in [-0.1, -0.05) is 19.1 Å². The van der Waals surface area contributed by atoms with Crippen LogP contribution in [-0.2, 0) is 9.59 Å². The third kappa shape index (κ3) is 4.57. The van der Waals surface area contributed by atoms with Gasteiger partial charge in [-0.25, -0.2) is 0 Å². The maximum absolute atomic E-state index is 12.1. The first-order chi connectivity index (χ1) is 9.31. The summed E-state index contributed by atoms with van der Waals surface area (Å²) in [6, 6.07) is 7.52. The number of carbonyl (C=O) groups is 2. The molecule has 0 heterocycles. The van der Waals surface area contributed by atoms with Crippen LogP contribution in [0.25, 0.3) is 0 Å². The fraction of sp³-hybridized carbons (Fsp3) is 0.467. The monoisotopic (exact) mass is 277 g/mol. The van der Waals surface area contributed by atoms with Gasteiger partial charge < -0.3 is 15.5 Å². The lowest BCUT2D eigenvalue weighted by atomic mass is 9.97. The Morgan fingerprint density at radius 2 is 1.65 bits per heavy atom. The number of nitrogen functional groups attached to an aromatic ring is 1. The zero-order valence-electron chi connectivity index (χ0n) is 12.6. The van der Waals surface area contributed by atoms with Crippen molar-refractivity contribution in [3.63, 3.8) is 0 Å². The smallest absolute Gasteiger partial charge is 0.241 e. The maximum Gasteiger partial charge on any atom is 0.241 e. The van der Waals surface area contributed by atoms with E-state index in [-0.39, 0.29) is 24.3 Å². The Balaban J connectivity index is 2.56. The number of anilines is 1. The maximum atomic E-state index is 12.1. The second-order valence-electron chi connectivity index (χ2n) is 5.31. The quantitative estimate of drug-likeness (QED) is 0.825. The molecular formula is C15H23N3O2. The Morgan fingerprint density at radius 3 is 2.15 bits per heavy atom. The van der Waals surface area contributed by atoms with Crippen molar-refractivity contribution in [2.24, 2.45) is 0 Å². The number of nitrogens with two attached hydrogens (primary N) is 1. The summed E-state index contributed by atoms with van der Waals surface area (Å²) in [5, 5.41) is 0. The summed E-state index contributed by atoms with van der Waals surface area (Å²) >= 11 is 0. The molecule has 0 spiro atoms. The van der Waals surface area contributed by atoms with Crippen molar-refractivity contribution in [1.82, 2.24) is 9.80 Å². The molecule has 0 aliphatic heterocycles. The van der Waals surface area contributed by atoms with E-state index in [9.17, 15) is 9.59 Å². The highest BCUT2D eigenvalue weighted by Crippen LogP contribution is 2.20. The molecule has 2 N–H and O–H groups in total. The second-order valence-corrected chi connectivity index (χ2v) is 5.31. The molecule has 1 aromatic carbocycles. The highest BCUT2D eigenvalue weighted by atomic mass is 16.2. The van der Waals surface area contributed by atoms with Crippen LogP contribution in [0.1, 0.15) is 24.8 Å². The topological polar surface area (TPSA) is 66.6 Å². The first-order valence-corrected chi connectivity index (χ1v) is 6.60. The first kappa shape index (κ1) is 16.0. The molecule has 0 saturated carbocycles. The highest BCUT2D eigenvalue weighted by Gasteiger charge is 2.17. The molecule has 1 rings (SSSR count). The minimum Gasteiger partial charge on any atom is -0.399 e. The molecule has 0 fully saturated rings. The van der Waals surface area contributed by atoms with Gasteiger partial charge in [-0.3, -0.25) is 9.59 Å². The SMILES string of the molecule is CC(CC(=O)N(C)CC(=O)N(C)C)c1ccc(N)cc1. The number of hydrogen-bond acceptors (Lipinski definition) is 3. The van der Waals surface area contributed by atoms with Gasteiger partial charge in [0.2, 0.25) is 11.8 Å². The van der Waals surface area contributed by atoms with Gasteiger partial charge in [0, 0.05) is 33.3 Å². The average molecular weight is 277 g/mol. The van der Waals surface area contributed by atoms with Crippen LogP contribution in [0.15, 0.2) is 24.3 Å². The van der Waals surface area contributed by atoms with Crippen molar-refractivity contribution in [1.29, 1.82) is 0 Å². The number of benzene rings is 1. The Labute approximate surface area is 120 Å². The molecule has 2 amide bonds. The van der Waals surface area contributed by atoms with Crippen molar-refractivity contribution in [2.45, 2.75) is 19.3 Å². The molecule has 0 radical (unpaired) electrons. The Morgan fingerprint density at radius 1 is 1.10 bits per heavy atom. The van der Waals surface area contributed by atoms with Gasteiger partial charge in [-0.2, -0.15) is 0 Å². The Hall–Kier alpha value is -2.04. The van der Waals surface area contributed by atoms with Crippen LogP contribution >= 0.6 is 0 Å². The highest BCUT2D eigenvalue weighted by molar-refractivity contribution is 5.84. The number of carbonyl (C=O) groups excluding carboxylic acids is 2. The summed E-state index contributed by atoms with van der Waals surface area (Å²) in [6.07, 6.45) is 0.376. The van der Waals surface area contributed by atoms with E-state index in [0.29, 0.717) is 12.1 Å². The largest absolute Gasteiger partial charge is 0.399 e. The van der Waals surface area contributed by atoms with Crippen LogP contribution < -0.4 is 5.73 Å². The zero-order valence-corrected chi connectivity index (χ0v) is 12.6. The molecule has 0 aromatic heterocycles. The lowest BCUT2D eigenvalue weighted by Gasteiger charge is -2.21. The minimum absolute atomic E-state index is 0.0375. The normalized spacial score (nSPS) is 11.8. The summed E-state index contributed by atoms with van der Waals surface area (Å²) in [5.41, 5.74) is 7.42. The summed E-state index contributed by atoms with van der Waals surface area (Å²) in [7, 11) is 5.01. The van der Waals surface area contributed by atoms with E-state index in [1.165, 1.54) is 9.80 Å². The van der Waals surface area contributed by atoms with Crippen LogP contribution in [0.5, 0.6) is 0 Å². The van der Waals surface area contributed by atoms with Gasteiger partial charge in [0.05, 0.1) is 6.54 Å². The number of amides is 2. The molecule has 5 nitrogen and oxygen atoms in total. The predicted octanol–water partition coefficient (Wildman–Crippen LogP) is 1.31. The minimum atomic E-state index is -0.0824. The van der Waals surface area contributed by atoms with Crippen LogP contribution in [-0.4, -0.2) is 49.3 Å². The molecule has 0 saturated heterocycles. The van der Waals surface area contributed by atoms with Crippen molar-refractivity contribution in [3.8, 4) is 0 Å². The summed E-state index contributed by atoms with van der Waals surface area (Å²) in [6.45, 7) is 2.10.